The lowest BCUT2D eigenvalue weighted by molar-refractivity contribution is -0.0193. The Bertz CT molecular complexity index is 251. The molecule has 0 radical (unpaired) electrons. The van der Waals surface area contributed by atoms with Crippen molar-refractivity contribution in [3.63, 3.8) is 0 Å². The van der Waals surface area contributed by atoms with Crippen LogP contribution in [0.4, 0.5) is 4.79 Å². The van der Waals surface area contributed by atoms with E-state index in [1.165, 1.54) is 4.90 Å². The Balaban J connectivity index is 2.69. The fraction of sp³-hybridized carbons (Fsp3) is 0.667. The van der Waals surface area contributed by atoms with Crippen LogP contribution in [0.15, 0.2) is 0 Å². The predicted molar refractivity (Wildman–Crippen MR) is 51.9 cm³/mol. The van der Waals surface area contributed by atoms with Crippen molar-refractivity contribution in [2.45, 2.75) is 19.0 Å². The molecule has 0 N–H and O–H groups in total. The summed E-state index contributed by atoms with van der Waals surface area (Å²) in [4.78, 5) is 12.9. The largest absolute Gasteiger partial charge is 0.433 e. The van der Waals surface area contributed by atoms with Crippen molar-refractivity contribution in [3.8, 4) is 12.3 Å². The lowest BCUT2D eigenvalue weighted by atomic mass is 10.2. The van der Waals surface area contributed by atoms with Crippen LogP contribution in [-0.2, 0) is 9.47 Å². The number of terminal acetylenes is 1. The van der Waals surface area contributed by atoms with Crippen molar-refractivity contribution in [1.82, 2.24) is 4.90 Å². The Morgan fingerprint density at radius 3 is 3.07 bits per heavy atom. The van der Waals surface area contributed by atoms with E-state index in [1.807, 2.05) is 6.92 Å². The molecular formula is C9H12ClNO3. The topological polar surface area (TPSA) is 38.8 Å². The quantitative estimate of drug-likeness (QED) is 0.487. The number of rotatable bonds is 1. The number of halogens is 1. The molecule has 4 nitrogen and oxygen atoms in total. The summed E-state index contributed by atoms with van der Waals surface area (Å²) in [5.41, 5.74) is 0. The molecule has 0 spiro atoms. The third kappa shape index (κ3) is 2.31. The van der Waals surface area contributed by atoms with Crippen LogP contribution in [-0.4, -0.2) is 42.4 Å². The van der Waals surface area contributed by atoms with Crippen LogP contribution in [0.2, 0.25) is 0 Å². The maximum absolute atomic E-state index is 11.4. The molecule has 0 aliphatic carbocycles. The highest BCUT2D eigenvalue weighted by molar-refractivity contribution is 6.17. The molecule has 1 aliphatic rings. The van der Waals surface area contributed by atoms with Crippen molar-refractivity contribution in [1.29, 1.82) is 0 Å². The minimum atomic E-state index is -0.487. The van der Waals surface area contributed by atoms with E-state index < -0.39 is 6.09 Å². The van der Waals surface area contributed by atoms with Crippen molar-refractivity contribution in [2.75, 3.05) is 19.3 Å². The normalized spacial score (nSPS) is 26.8. The number of hydrogen-bond donors (Lipinski definition) is 0. The van der Waals surface area contributed by atoms with Crippen LogP contribution in [0.5, 0.6) is 0 Å². The number of ether oxygens (including phenoxy) is 2. The first-order valence-corrected chi connectivity index (χ1v) is 4.79. The first-order valence-electron chi connectivity index (χ1n) is 4.25. The second-order valence-electron chi connectivity index (χ2n) is 3.00. The molecule has 1 rings (SSSR count). The van der Waals surface area contributed by atoms with E-state index in [9.17, 15) is 4.79 Å². The van der Waals surface area contributed by atoms with Crippen molar-refractivity contribution >= 4 is 17.7 Å². The molecule has 2 atom stereocenters. The molecule has 0 aromatic heterocycles. The van der Waals surface area contributed by atoms with Gasteiger partial charge in [0.25, 0.3) is 0 Å². The van der Waals surface area contributed by atoms with Gasteiger partial charge in [0.1, 0.15) is 6.04 Å². The van der Waals surface area contributed by atoms with E-state index in [-0.39, 0.29) is 18.1 Å². The van der Waals surface area contributed by atoms with Gasteiger partial charge in [-0.15, -0.1) is 6.42 Å². The number of morpholine rings is 1. The molecule has 1 saturated heterocycles. The van der Waals surface area contributed by atoms with Crippen molar-refractivity contribution in [2.24, 2.45) is 0 Å². The first kappa shape index (κ1) is 11.2. The summed E-state index contributed by atoms with van der Waals surface area (Å²) < 4.78 is 9.90. The Morgan fingerprint density at radius 2 is 2.50 bits per heavy atom. The highest BCUT2D eigenvalue weighted by atomic mass is 35.5. The van der Waals surface area contributed by atoms with Gasteiger partial charge in [-0.1, -0.05) is 17.5 Å². The Kier molecular flexibility index (Phi) is 4.05. The van der Waals surface area contributed by atoms with Crippen LogP contribution in [0, 0.1) is 12.3 Å². The summed E-state index contributed by atoms with van der Waals surface area (Å²) in [6, 6.07) is -0.616. The minimum Gasteiger partial charge on any atom is -0.433 e. The highest BCUT2D eigenvalue weighted by Crippen LogP contribution is 2.14. The molecule has 78 valence electrons. The van der Waals surface area contributed by atoms with Crippen molar-refractivity contribution < 1.29 is 14.3 Å². The zero-order valence-electron chi connectivity index (χ0n) is 7.90. The third-order valence-electron chi connectivity index (χ3n) is 2.03. The fourth-order valence-corrected chi connectivity index (χ4v) is 1.47. The molecule has 1 heterocycles. The minimum absolute atomic E-state index is 0.0829. The van der Waals surface area contributed by atoms with Crippen LogP contribution in [0.3, 0.4) is 0 Å². The number of nitrogens with zero attached hydrogens (tertiary/aromatic N) is 1. The summed E-state index contributed by atoms with van der Waals surface area (Å²) in [5, 5.41) is 0. The van der Waals surface area contributed by atoms with Crippen molar-refractivity contribution in [3.05, 3.63) is 0 Å². The molecule has 1 aliphatic heterocycles. The average Bonchev–Trinajstić information content (AvgIpc) is 2.17. The van der Waals surface area contributed by atoms with Gasteiger partial charge in [-0.05, 0) is 6.92 Å². The molecule has 0 bridgehead atoms. The van der Waals surface area contributed by atoms with Gasteiger partial charge in [0.05, 0.1) is 19.3 Å². The lowest BCUT2D eigenvalue weighted by Crippen LogP contribution is -2.53. The molecule has 1 fully saturated rings. The number of carbonyl (C=O) groups is 1. The summed E-state index contributed by atoms with van der Waals surface area (Å²) in [5.74, 6) is 2.48. The van der Waals surface area contributed by atoms with Crippen LogP contribution in [0.1, 0.15) is 6.92 Å². The summed E-state index contributed by atoms with van der Waals surface area (Å²) in [7, 11) is 0. The number of carbonyl (C=O) groups excluding carboxylic acids is 1. The predicted octanol–water partition coefficient (Wildman–Crippen LogP) is 1.04. The van der Waals surface area contributed by atoms with E-state index in [0.717, 1.165) is 0 Å². The van der Waals surface area contributed by atoms with E-state index in [0.29, 0.717) is 13.2 Å². The number of amides is 1. The fourth-order valence-electron chi connectivity index (χ4n) is 1.37. The Morgan fingerprint density at radius 1 is 1.79 bits per heavy atom. The average molecular weight is 218 g/mol. The van der Waals surface area contributed by atoms with Crippen LogP contribution in [0.25, 0.3) is 0 Å². The van der Waals surface area contributed by atoms with Gasteiger partial charge in [0, 0.05) is 0 Å². The highest BCUT2D eigenvalue weighted by Gasteiger charge is 2.32. The number of alkyl halides is 1. The Labute approximate surface area is 88.1 Å². The molecule has 0 aromatic carbocycles. The van der Waals surface area contributed by atoms with E-state index in [1.54, 1.807) is 0 Å². The van der Waals surface area contributed by atoms with Gasteiger partial charge in [-0.3, -0.25) is 4.90 Å². The standard InChI is InChI=1S/C9H12ClNO3/c1-3-8-5-13-4-7(2)11(8)9(12)14-6-10/h1,7-8H,4-6H2,2H3. The Hall–Kier alpha value is -0.920. The van der Waals surface area contributed by atoms with Gasteiger partial charge in [0.15, 0.2) is 6.07 Å². The maximum Gasteiger partial charge on any atom is 0.412 e. The molecule has 0 saturated carbocycles. The molecular weight excluding hydrogens is 206 g/mol. The van der Waals surface area contributed by atoms with Crippen LogP contribution < -0.4 is 0 Å². The zero-order chi connectivity index (χ0) is 10.6. The molecule has 5 heteroatoms. The summed E-state index contributed by atoms with van der Waals surface area (Å²) in [6.07, 6.45) is 4.79. The third-order valence-corrected chi connectivity index (χ3v) is 2.14. The SMILES string of the molecule is C#CC1COCC(C)N1C(=O)OCCl. The smallest absolute Gasteiger partial charge is 0.412 e. The molecule has 1 amide bonds. The van der Waals surface area contributed by atoms with Gasteiger partial charge in [0.2, 0.25) is 0 Å². The first-order chi connectivity index (χ1) is 6.70. The summed E-state index contributed by atoms with van der Waals surface area (Å²) in [6.45, 7) is 2.66. The number of hydrogen-bond acceptors (Lipinski definition) is 3. The maximum atomic E-state index is 11.4. The van der Waals surface area contributed by atoms with Gasteiger partial charge in [-0.2, -0.15) is 0 Å². The van der Waals surface area contributed by atoms with Gasteiger partial charge >= 0.3 is 6.09 Å². The second-order valence-corrected chi connectivity index (χ2v) is 3.21. The van der Waals surface area contributed by atoms with E-state index in [2.05, 4.69) is 10.7 Å². The second kappa shape index (κ2) is 5.08. The monoisotopic (exact) mass is 217 g/mol. The molecule has 2 unspecified atom stereocenters. The molecule has 14 heavy (non-hydrogen) atoms. The zero-order valence-corrected chi connectivity index (χ0v) is 8.66. The molecule has 0 aromatic rings. The van der Waals surface area contributed by atoms with Gasteiger partial charge in [-0.25, -0.2) is 4.79 Å². The van der Waals surface area contributed by atoms with Crippen LogP contribution >= 0.6 is 11.6 Å². The van der Waals surface area contributed by atoms with Gasteiger partial charge < -0.3 is 9.47 Å². The lowest BCUT2D eigenvalue weighted by Gasteiger charge is -2.36. The summed E-state index contributed by atoms with van der Waals surface area (Å²) >= 11 is 5.30. The van der Waals surface area contributed by atoms with E-state index >= 15 is 0 Å². The van der Waals surface area contributed by atoms with E-state index in [4.69, 9.17) is 22.8 Å².